The zero-order valence-electron chi connectivity index (χ0n) is 21.9. The fourth-order valence-electron chi connectivity index (χ4n) is 4.33. The summed E-state index contributed by atoms with van der Waals surface area (Å²) in [7, 11) is 0. The van der Waals surface area contributed by atoms with Crippen molar-refractivity contribution in [3.63, 3.8) is 0 Å². The molecule has 1 aliphatic heterocycles. The van der Waals surface area contributed by atoms with Crippen LogP contribution in [0.3, 0.4) is 0 Å². The quantitative estimate of drug-likeness (QED) is 0.408. The minimum absolute atomic E-state index is 0.177. The number of carbonyl (C=O) groups excluding carboxylic acids is 2. The lowest BCUT2D eigenvalue weighted by molar-refractivity contribution is -0.155. The fraction of sp³-hybridized carbons (Fsp3) is 0.667. The van der Waals surface area contributed by atoms with Crippen LogP contribution in [0.4, 0.5) is 0 Å². The van der Waals surface area contributed by atoms with Gasteiger partial charge in [-0.25, -0.2) is 4.98 Å². The lowest BCUT2D eigenvalue weighted by atomic mass is 9.73. The van der Waals surface area contributed by atoms with Crippen molar-refractivity contribution in [2.24, 2.45) is 23.2 Å². The third-order valence-electron chi connectivity index (χ3n) is 7.14. The van der Waals surface area contributed by atoms with Crippen molar-refractivity contribution in [2.45, 2.75) is 92.1 Å². The number of aliphatic hydroxyl groups excluding tert-OH is 3. The Labute approximate surface area is 212 Å². The van der Waals surface area contributed by atoms with Gasteiger partial charge in [0.05, 0.1) is 40.8 Å². The number of rotatable bonds is 2. The first-order valence-corrected chi connectivity index (χ1v) is 13.2. The van der Waals surface area contributed by atoms with E-state index in [0.29, 0.717) is 6.42 Å². The molecule has 0 aliphatic carbocycles. The number of hydrogen-bond acceptors (Lipinski definition) is 8. The number of aromatic nitrogens is 1. The largest absolute Gasteiger partial charge is 0.458 e. The van der Waals surface area contributed by atoms with Gasteiger partial charge in [0.1, 0.15) is 11.9 Å². The fourth-order valence-corrected chi connectivity index (χ4v) is 4.90. The lowest BCUT2D eigenvalue weighted by Gasteiger charge is -2.34. The standard InChI is InChI=1S/C27H41NO6S/c1-15-9-8-10-16(2)25(32)18(4)26(33)27(6,7)23(30)13-24(31)34-22(12-21(15)29)17(3)11-20-14-35-19(5)28-20/h8-9,11,14-16,18,21-23,25,29-30,32H,10,12-13H2,1-7H3/b9-8+,17-11+/t15-,16+,18-,21-,22+,23+,25?/m1/s1. The number of allylic oxidation sites excluding steroid dienone is 1. The average molecular weight is 508 g/mol. The predicted octanol–water partition coefficient (Wildman–Crippen LogP) is 4.09. The van der Waals surface area contributed by atoms with Crippen LogP contribution in [-0.4, -0.2) is 56.5 Å². The van der Waals surface area contributed by atoms with Gasteiger partial charge in [0, 0.05) is 23.6 Å². The number of carbonyl (C=O) groups is 2. The van der Waals surface area contributed by atoms with Gasteiger partial charge in [-0.15, -0.1) is 11.3 Å². The van der Waals surface area contributed by atoms with Crippen molar-refractivity contribution >= 4 is 29.2 Å². The Morgan fingerprint density at radius 1 is 1.20 bits per heavy atom. The number of thiazole rings is 1. The molecule has 196 valence electrons. The number of Topliss-reactive ketones (excluding diaryl/α,β-unsaturated/α-hetero) is 1. The highest BCUT2D eigenvalue weighted by Crippen LogP contribution is 2.32. The first kappa shape index (κ1) is 29.4. The smallest absolute Gasteiger partial charge is 0.309 e. The maximum Gasteiger partial charge on any atom is 0.309 e. The summed E-state index contributed by atoms with van der Waals surface area (Å²) in [4.78, 5) is 30.5. The van der Waals surface area contributed by atoms with Crippen LogP contribution < -0.4 is 0 Å². The molecule has 1 aromatic heterocycles. The average Bonchev–Trinajstić information content (AvgIpc) is 3.20. The van der Waals surface area contributed by atoms with E-state index in [2.05, 4.69) is 4.98 Å². The molecule has 0 fully saturated rings. The molecule has 0 spiro atoms. The lowest BCUT2D eigenvalue weighted by Crippen LogP contribution is -2.45. The highest BCUT2D eigenvalue weighted by molar-refractivity contribution is 7.09. The van der Waals surface area contributed by atoms with Crippen molar-refractivity contribution in [1.29, 1.82) is 0 Å². The van der Waals surface area contributed by atoms with Crippen molar-refractivity contribution < 1.29 is 29.6 Å². The minimum atomic E-state index is -1.28. The number of ether oxygens (including phenoxy) is 1. The van der Waals surface area contributed by atoms with E-state index in [1.54, 1.807) is 20.8 Å². The molecule has 0 aromatic carbocycles. The molecule has 0 saturated carbocycles. The maximum atomic E-state index is 13.2. The second kappa shape index (κ2) is 12.4. The van der Waals surface area contributed by atoms with E-state index >= 15 is 0 Å². The van der Waals surface area contributed by atoms with Crippen LogP contribution in [0.1, 0.15) is 71.5 Å². The summed E-state index contributed by atoms with van der Waals surface area (Å²) >= 11 is 1.52. The minimum Gasteiger partial charge on any atom is -0.458 e. The van der Waals surface area contributed by atoms with Gasteiger partial charge in [0.25, 0.3) is 0 Å². The number of esters is 1. The Morgan fingerprint density at radius 2 is 1.86 bits per heavy atom. The number of aliphatic hydroxyl groups is 3. The number of ketones is 1. The van der Waals surface area contributed by atoms with Crippen molar-refractivity contribution in [1.82, 2.24) is 4.98 Å². The van der Waals surface area contributed by atoms with E-state index in [-0.39, 0.29) is 30.5 Å². The molecule has 0 amide bonds. The highest BCUT2D eigenvalue weighted by Gasteiger charge is 2.42. The Balaban J connectivity index is 2.38. The van der Waals surface area contributed by atoms with E-state index in [4.69, 9.17) is 4.74 Å². The third kappa shape index (κ3) is 7.81. The molecule has 1 aliphatic rings. The van der Waals surface area contributed by atoms with Crippen LogP contribution in [0.2, 0.25) is 0 Å². The predicted molar refractivity (Wildman–Crippen MR) is 138 cm³/mol. The molecule has 0 saturated heterocycles. The number of hydrogen-bond donors (Lipinski definition) is 3. The highest BCUT2D eigenvalue weighted by atomic mass is 32.1. The molecule has 2 heterocycles. The molecule has 1 unspecified atom stereocenters. The van der Waals surface area contributed by atoms with Gasteiger partial charge in [0.15, 0.2) is 0 Å². The number of cyclic esters (lactones) is 1. The van der Waals surface area contributed by atoms with E-state index in [9.17, 15) is 24.9 Å². The molecule has 0 radical (unpaired) electrons. The van der Waals surface area contributed by atoms with Crippen molar-refractivity contribution in [2.75, 3.05) is 0 Å². The van der Waals surface area contributed by atoms with E-state index in [1.807, 2.05) is 51.3 Å². The van der Waals surface area contributed by atoms with Gasteiger partial charge in [-0.1, -0.05) is 46.8 Å². The van der Waals surface area contributed by atoms with E-state index in [1.165, 1.54) is 11.3 Å². The normalized spacial score (nSPS) is 34.9. The van der Waals surface area contributed by atoms with Crippen LogP contribution in [-0.2, 0) is 14.3 Å². The molecule has 0 bridgehead atoms. The second-order valence-corrected chi connectivity index (χ2v) is 11.6. The summed E-state index contributed by atoms with van der Waals surface area (Å²) in [5, 5.41) is 35.3. The van der Waals surface area contributed by atoms with Gasteiger partial charge in [-0.3, -0.25) is 9.59 Å². The summed E-state index contributed by atoms with van der Waals surface area (Å²) < 4.78 is 5.74. The van der Waals surface area contributed by atoms with Crippen LogP contribution in [0.25, 0.3) is 6.08 Å². The second-order valence-electron chi connectivity index (χ2n) is 10.5. The van der Waals surface area contributed by atoms with E-state index in [0.717, 1.165) is 16.3 Å². The van der Waals surface area contributed by atoms with Crippen LogP contribution in [0.5, 0.6) is 0 Å². The molecule has 1 aromatic rings. The van der Waals surface area contributed by atoms with Gasteiger partial charge in [-0.05, 0) is 37.8 Å². The molecular formula is C27H41NO6S. The van der Waals surface area contributed by atoms with Gasteiger partial charge < -0.3 is 20.1 Å². The van der Waals surface area contributed by atoms with E-state index < -0.39 is 41.7 Å². The molecule has 2 rings (SSSR count). The van der Waals surface area contributed by atoms with Crippen LogP contribution in [0, 0.1) is 30.1 Å². The Bertz CT molecular complexity index is 936. The Hall–Kier alpha value is -1.87. The molecule has 8 heteroatoms. The van der Waals surface area contributed by atoms with Gasteiger partial charge in [-0.2, -0.15) is 0 Å². The first-order valence-electron chi connectivity index (χ1n) is 12.3. The number of nitrogens with zero attached hydrogens (tertiary/aromatic N) is 1. The summed E-state index contributed by atoms with van der Waals surface area (Å²) in [5.74, 6) is -2.08. The molecule has 7 atom stereocenters. The molecule has 7 nitrogen and oxygen atoms in total. The van der Waals surface area contributed by atoms with Crippen molar-refractivity contribution in [3.05, 3.63) is 33.8 Å². The van der Waals surface area contributed by atoms with Crippen LogP contribution >= 0.6 is 11.3 Å². The summed E-state index contributed by atoms with van der Waals surface area (Å²) in [5.41, 5.74) is 0.234. The summed E-state index contributed by atoms with van der Waals surface area (Å²) in [6, 6.07) is 0. The maximum absolute atomic E-state index is 13.2. The van der Waals surface area contributed by atoms with Gasteiger partial charge in [0.2, 0.25) is 0 Å². The third-order valence-corrected chi connectivity index (χ3v) is 7.93. The molecule has 3 N–H and O–H groups in total. The zero-order chi connectivity index (χ0) is 26.5. The monoisotopic (exact) mass is 507 g/mol. The molecular weight excluding hydrogens is 466 g/mol. The first-order chi connectivity index (χ1) is 16.2. The number of aryl methyl sites for hydroxylation is 1. The topological polar surface area (TPSA) is 117 Å². The van der Waals surface area contributed by atoms with Crippen LogP contribution in [0.15, 0.2) is 23.1 Å². The summed E-state index contributed by atoms with van der Waals surface area (Å²) in [6.07, 6.45) is 2.31. The zero-order valence-corrected chi connectivity index (χ0v) is 22.7. The van der Waals surface area contributed by atoms with Crippen molar-refractivity contribution in [3.8, 4) is 0 Å². The Morgan fingerprint density at radius 3 is 2.46 bits per heavy atom. The Kier molecular flexibility index (Phi) is 10.4. The SMILES string of the molecule is C/C(=C\c1csc(C)n1)[C@@H]1C[C@@H](O)[C@H](C)/C=C/C[C@H](C)C(O)[C@@H](C)C(=O)C(C)(C)[C@@H](O)CC(=O)O1. The summed E-state index contributed by atoms with van der Waals surface area (Å²) in [6.45, 7) is 12.3. The van der Waals surface area contributed by atoms with Gasteiger partial charge >= 0.3 is 5.97 Å². The molecule has 35 heavy (non-hydrogen) atoms.